The van der Waals surface area contributed by atoms with Gasteiger partial charge in [-0.2, -0.15) is 5.10 Å². The van der Waals surface area contributed by atoms with E-state index in [1.54, 1.807) is 13.0 Å². The number of carbonyl (C=O) groups is 2. The Labute approximate surface area is 180 Å². The number of aryl methyl sites for hydroxylation is 3. The van der Waals surface area contributed by atoms with Crippen LogP contribution in [0.5, 0.6) is 0 Å². The number of furan rings is 2. The topological polar surface area (TPSA) is 96.8 Å². The van der Waals surface area contributed by atoms with Gasteiger partial charge in [0.15, 0.2) is 5.76 Å². The van der Waals surface area contributed by atoms with Crippen LogP contribution in [0.15, 0.2) is 50.5 Å². The number of hydrazone groups is 1. The van der Waals surface area contributed by atoms with E-state index in [1.165, 1.54) is 11.8 Å². The van der Waals surface area contributed by atoms with Crippen molar-refractivity contribution in [1.29, 1.82) is 0 Å². The molecule has 1 aliphatic carbocycles. The molecule has 0 saturated heterocycles. The minimum Gasteiger partial charge on any atom is -0.469 e. The SMILES string of the molecule is CCc1ccc(NC(=O)c2oc3c(c2C)/C(=N/NC(=O)c2ccoc2C)CCC3)cc1. The molecule has 2 N–H and O–H groups in total. The summed E-state index contributed by atoms with van der Waals surface area (Å²) in [6.45, 7) is 5.66. The van der Waals surface area contributed by atoms with Gasteiger partial charge in [0, 0.05) is 23.2 Å². The largest absolute Gasteiger partial charge is 0.469 e. The maximum Gasteiger partial charge on any atom is 0.291 e. The molecule has 31 heavy (non-hydrogen) atoms. The van der Waals surface area contributed by atoms with Gasteiger partial charge in [-0.05, 0) is 56.9 Å². The monoisotopic (exact) mass is 419 g/mol. The van der Waals surface area contributed by atoms with Crippen molar-refractivity contribution in [2.24, 2.45) is 5.10 Å². The minimum absolute atomic E-state index is 0.274. The molecule has 0 saturated carbocycles. The Morgan fingerprint density at radius 2 is 1.84 bits per heavy atom. The Hall–Kier alpha value is -3.61. The predicted octanol–water partition coefficient (Wildman–Crippen LogP) is 4.77. The van der Waals surface area contributed by atoms with Crippen molar-refractivity contribution >= 4 is 23.2 Å². The fraction of sp³-hybridized carbons (Fsp3) is 0.292. The van der Waals surface area contributed by atoms with Crippen molar-refractivity contribution in [3.63, 3.8) is 0 Å². The average molecular weight is 419 g/mol. The van der Waals surface area contributed by atoms with Gasteiger partial charge in [0.25, 0.3) is 11.8 Å². The van der Waals surface area contributed by atoms with E-state index in [0.29, 0.717) is 29.1 Å². The number of amides is 2. The third-order valence-electron chi connectivity index (χ3n) is 5.55. The smallest absolute Gasteiger partial charge is 0.291 e. The molecule has 4 rings (SSSR count). The lowest BCUT2D eigenvalue weighted by molar-refractivity contribution is 0.0952. The Morgan fingerprint density at radius 3 is 2.52 bits per heavy atom. The standard InChI is InChI=1S/C24H25N3O4/c1-4-16-8-10-17(11-9-16)25-24(29)22-14(2)21-19(6-5-7-20(21)31-22)26-27-23(28)18-12-13-30-15(18)3/h8-13H,4-7H2,1-3H3,(H,25,29)(H,27,28)/b26-19+. The molecule has 0 fully saturated rings. The predicted molar refractivity (Wildman–Crippen MR) is 118 cm³/mol. The van der Waals surface area contributed by atoms with Gasteiger partial charge >= 0.3 is 0 Å². The molecule has 160 valence electrons. The zero-order chi connectivity index (χ0) is 22.0. The number of nitrogens with zero attached hydrogens (tertiary/aromatic N) is 1. The molecule has 0 radical (unpaired) electrons. The number of hydrogen-bond donors (Lipinski definition) is 2. The molecule has 1 aromatic carbocycles. The van der Waals surface area contributed by atoms with Crippen LogP contribution in [-0.4, -0.2) is 17.5 Å². The maximum atomic E-state index is 12.8. The van der Waals surface area contributed by atoms with E-state index in [0.717, 1.165) is 36.1 Å². The number of rotatable bonds is 5. The molecular weight excluding hydrogens is 394 g/mol. The van der Waals surface area contributed by atoms with Gasteiger partial charge in [0.05, 0.1) is 17.5 Å². The van der Waals surface area contributed by atoms with E-state index in [9.17, 15) is 9.59 Å². The number of benzene rings is 1. The molecule has 7 heteroatoms. The fourth-order valence-electron chi connectivity index (χ4n) is 3.81. The first-order valence-electron chi connectivity index (χ1n) is 10.4. The van der Waals surface area contributed by atoms with E-state index >= 15 is 0 Å². The Bertz CT molecular complexity index is 1150. The molecular formula is C24H25N3O4. The highest BCUT2D eigenvalue weighted by Crippen LogP contribution is 2.30. The van der Waals surface area contributed by atoms with Crippen molar-refractivity contribution in [2.75, 3.05) is 5.32 Å². The number of fused-ring (bicyclic) bond motifs is 1. The fourth-order valence-corrected chi connectivity index (χ4v) is 3.81. The first-order valence-corrected chi connectivity index (χ1v) is 10.4. The van der Waals surface area contributed by atoms with E-state index in [1.807, 2.05) is 31.2 Å². The van der Waals surface area contributed by atoms with Crippen molar-refractivity contribution < 1.29 is 18.4 Å². The first-order chi connectivity index (χ1) is 15.0. The van der Waals surface area contributed by atoms with Crippen LogP contribution < -0.4 is 10.7 Å². The van der Waals surface area contributed by atoms with Crippen molar-refractivity contribution in [2.45, 2.75) is 46.5 Å². The van der Waals surface area contributed by atoms with Crippen LogP contribution in [0.1, 0.15) is 68.9 Å². The molecule has 0 unspecified atom stereocenters. The molecule has 1 aliphatic rings. The zero-order valence-corrected chi connectivity index (χ0v) is 17.9. The zero-order valence-electron chi connectivity index (χ0n) is 17.9. The third kappa shape index (κ3) is 4.17. The second kappa shape index (κ2) is 8.63. The van der Waals surface area contributed by atoms with Crippen LogP contribution in [0.3, 0.4) is 0 Å². The van der Waals surface area contributed by atoms with Crippen LogP contribution in [0.25, 0.3) is 0 Å². The number of hydrogen-bond acceptors (Lipinski definition) is 5. The Kier molecular flexibility index (Phi) is 5.75. The van der Waals surface area contributed by atoms with Crippen molar-refractivity contribution in [3.05, 3.63) is 76.1 Å². The highest BCUT2D eigenvalue weighted by molar-refractivity contribution is 6.09. The molecule has 0 bridgehead atoms. The van der Waals surface area contributed by atoms with Crippen LogP contribution in [-0.2, 0) is 12.8 Å². The van der Waals surface area contributed by atoms with Gasteiger partial charge in [-0.3, -0.25) is 9.59 Å². The van der Waals surface area contributed by atoms with E-state index < -0.39 is 0 Å². The highest BCUT2D eigenvalue weighted by atomic mass is 16.4. The van der Waals surface area contributed by atoms with E-state index in [-0.39, 0.29) is 17.6 Å². The average Bonchev–Trinajstić information content (AvgIpc) is 3.36. The quantitative estimate of drug-likeness (QED) is 0.582. The lowest BCUT2D eigenvalue weighted by Crippen LogP contribution is -2.22. The molecule has 2 aromatic heterocycles. The van der Waals surface area contributed by atoms with Crippen LogP contribution in [0.4, 0.5) is 5.69 Å². The molecule has 2 heterocycles. The van der Waals surface area contributed by atoms with Gasteiger partial charge in [-0.15, -0.1) is 0 Å². The van der Waals surface area contributed by atoms with Crippen molar-refractivity contribution in [3.8, 4) is 0 Å². The molecule has 7 nitrogen and oxygen atoms in total. The number of anilines is 1. The maximum absolute atomic E-state index is 12.8. The first kappa shape index (κ1) is 20.7. The lowest BCUT2D eigenvalue weighted by atomic mass is 9.93. The third-order valence-corrected chi connectivity index (χ3v) is 5.55. The molecule has 0 spiro atoms. The summed E-state index contributed by atoms with van der Waals surface area (Å²) in [5.74, 6) is 0.903. The summed E-state index contributed by atoms with van der Waals surface area (Å²) in [5, 5.41) is 7.24. The van der Waals surface area contributed by atoms with Crippen LogP contribution in [0, 0.1) is 13.8 Å². The molecule has 3 aromatic rings. The second-order valence-electron chi connectivity index (χ2n) is 7.60. The minimum atomic E-state index is -0.333. The van der Waals surface area contributed by atoms with Gasteiger partial charge in [-0.1, -0.05) is 19.1 Å². The van der Waals surface area contributed by atoms with Gasteiger partial charge < -0.3 is 14.2 Å². The lowest BCUT2D eigenvalue weighted by Gasteiger charge is -2.13. The normalized spacial score (nSPS) is 14.4. The molecule has 2 amide bonds. The highest BCUT2D eigenvalue weighted by Gasteiger charge is 2.28. The number of carbonyl (C=O) groups excluding carboxylic acids is 2. The summed E-state index contributed by atoms with van der Waals surface area (Å²) in [6.07, 6.45) is 4.66. The van der Waals surface area contributed by atoms with Gasteiger partial charge in [0.2, 0.25) is 0 Å². The summed E-state index contributed by atoms with van der Waals surface area (Å²) in [5.41, 5.74) is 7.21. The summed E-state index contributed by atoms with van der Waals surface area (Å²) >= 11 is 0. The van der Waals surface area contributed by atoms with E-state index in [4.69, 9.17) is 8.83 Å². The molecule has 0 aliphatic heterocycles. The van der Waals surface area contributed by atoms with Gasteiger partial charge in [-0.25, -0.2) is 5.43 Å². The molecule has 0 atom stereocenters. The van der Waals surface area contributed by atoms with Crippen LogP contribution >= 0.6 is 0 Å². The summed E-state index contributed by atoms with van der Waals surface area (Å²) in [7, 11) is 0. The summed E-state index contributed by atoms with van der Waals surface area (Å²) in [4.78, 5) is 25.2. The van der Waals surface area contributed by atoms with Gasteiger partial charge in [0.1, 0.15) is 11.5 Å². The summed E-state index contributed by atoms with van der Waals surface area (Å²) in [6, 6.07) is 9.36. The number of nitrogens with one attached hydrogen (secondary N) is 2. The van der Waals surface area contributed by atoms with Crippen molar-refractivity contribution in [1.82, 2.24) is 5.43 Å². The second-order valence-corrected chi connectivity index (χ2v) is 7.60. The Morgan fingerprint density at radius 1 is 1.06 bits per heavy atom. The Balaban J connectivity index is 1.55. The van der Waals surface area contributed by atoms with E-state index in [2.05, 4.69) is 22.8 Å². The summed E-state index contributed by atoms with van der Waals surface area (Å²) < 4.78 is 11.1. The van der Waals surface area contributed by atoms with Crippen LogP contribution in [0.2, 0.25) is 0 Å².